The fraction of sp³-hybridized carbons (Fsp3) is 0.250. The third-order valence-electron chi connectivity index (χ3n) is 3.44. The molecular formula is C20H17BrFNO3. The second-order valence-corrected chi connectivity index (χ2v) is 7.57. The van der Waals surface area contributed by atoms with Crippen molar-refractivity contribution in [2.24, 2.45) is 0 Å². The fourth-order valence-electron chi connectivity index (χ4n) is 2.23. The second-order valence-electron chi connectivity index (χ2n) is 6.71. The Morgan fingerprint density at radius 1 is 1.19 bits per heavy atom. The molecule has 4 nitrogen and oxygen atoms in total. The predicted octanol–water partition coefficient (Wildman–Crippen LogP) is 4.84. The van der Waals surface area contributed by atoms with Crippen molar-refractivity contribution in [1.29, 1.82) is 5.26 Å². The SMILES string of the molecule is CC(C)(C)OC(=O)c1ccc(CC(=O)c2ccc(C#N)cc2F)c(Br)c1. The van der Waals surface area contributed by atoms with Gasteiger partial charge in [0.25, 0.3) is 0 Å². The summed E-state index contributed by atoms with van der Waals surface area (Å²) in [5, 5.41) is 8.76. The van der Waals surface area contributed by atoms with Crippen LogP contribution in [0.3, 0.4) is 0 Å². The summed E-state index contributed by atoms with van der Waals surface area (Å²) in [6.07, 6.45) is -0.0436. The van der Waals surface area contributed by atoms with Crippen LogP contribution in [-0.4, -0.2) is 17.4 Å². The smallest absolute Gasteiger partial charge is 0.338 e. The van der Waals surface area contributed by atoms with E-state index in [0.29, 0.717) is 15.6 Å². The molecule has 0 aromatic heterocycles. The standard InChI is InChI=1S/C20H17BrFNO3/c1-20(2,3)26-19(25)14-6-5-13(16(21)9-14)10-18(24)15-7-4-12(11-23)8-17(15)22/h4-9H,10H2,1-3H3. The number of nitrogens with zero attached hydrogens (tertiary/aromatic N) is 1. The second kappa shape index (κ2) is 7.79. The predicted molar refractivity (Wildman–Crippen MR) is 98.5 cm³/mol. The Morgan fingerprint density at radius 2 is 1.88 bits per heavy atom. The minimum absolute atomic E-state index is 0.0436. The molecule has 0 radical (unpaired) electrons. The Kier molecular flexibility index (Phi) is 5.94. The normalized spacial score (nSPS) is 10.9. The first-order valence-corrected chi connectivity index (χ1v) is 8.64. The minimum Gasteiger partial charge on any atom is -0.456 e. The highest BCUT2D eigenvalue weighted by atomic mass is 79.9. The number of benzene rings is 2. The summed E-state index contributed by atoms with van der Waals surface area (Å²) in [6, 6.07) is 10.3. The van der Waals surface area contributed by atoms with E-state index in [4.69, 9.17) is 10.00 Å². The van der Waals surface area contributed by atoms with Crippen LogP contribution in [0.4, 0.5) is 4.39 Å². The van der Waals surface area contributed by atoms with Crippen molar-refractivity contribution in [1.82, 2.24) is 0 Å². The zero-order valence-electron chi connectivity index (χ0n) is 14.6. The van der Waals surface area contributed by atoms with Gasteiger partial charge in [-0.3, -0.25) is 4.79 Å². The van der Waals surface area contributed by atoms with Crippen LogP contribution in [0.15, 0.2) is 40.9 Å². The molecule has 0 amide bonds. The van der Waals surface area contributed by atoms with Crippen LogP contribution in [0.25, 0.3) is 0 Å². The van der Waals surface area contributed by atoms with Gasteiger partial charge >= 0.3 is 5.97 Å². The molecule has 0 N–H and O–H groups in total. The molecule has 134 valence electrons. The highest BCUT2D eigenvalue weighted by Crippen LogP contribution is 2.23. The summed E-state index contributed by atoms with van der Waals surface area (Å²) >= 11 is 3.34. The van der Waals surface area contributed by atoms with E-state index < -0.39 is 23.2 Å². The van der Waals surface area contributed by atoms with Gasteiger partial charge in [0.1, 0.15) is 11.4 Å². The van der Waals surface area contributed by atoms with E-state index in [1.165, 1.54) is 12.1 Å². The summed E-state index contributed by atoms with van der Waals surface area (Å²) < 4.78 is 19.8. The maximum Gasteiger partial charge on any atom is 0.338 e. The summed E-state index contributed by atoms with van der Waals surface area (Å²) in [6.45, 7) is 5.33. The van der Waals surface area contributed by atoms with Gasteiger partial charge in [0.05, 0.1) is 22.8 Å². The number of carbonyl (C=O) groups is 2. The molecule has 2 rings (SSSR count). The van der Waals surface area contributed by atoms with Crippen LogP contribution < -0.4 is 0 Å². The van der Waals surface area contributed by atoms with Gasteiger partial charge < -0.3 is 4.74 Å². The van der Waals surface area contributed by atoms with Gasteiger partial charge in [-0.2, -0.15) is 5.26 Å². The lowest BCUT2D eigenvalue weighted by Gasteiger charge is -2.19. The maximum absolute atomic E-state index is 14.0. The summed E-state index contributed by atoms with van der Waals surface area (Å²) in [5.74, 6) is -1.61. The average Bonchev–Trinajstić information content (AvgIpc) is 2.54. The lowest BCUT2D eigenvalue weighted by molar-refractivity contribution is 0.00694. The fourth-order valence-corrected chi connectivity index (χ4v) is 2.75. The number of halogens is 2. The molecule has 0 spiro atoms. The largest absolute Gasteiger partial charge is 0.456 e. The van der Waals surface area contributed by atoms with E-state index in [9.17, 15) is 14.0 Å². The molecule has 0 aliphatic heterocycles. The number of ketones is 1. The molecule has 2 aromatic rings. The lowest BCUT2D eigenvalue weighted by Crippen LogP contribution is -2.23. The van der Waals surface area contributed by atoms with Crippen molar-refractivity contribution in [2.75, 3.05) is 0 Å². The molecule has 0 unspecified atom stereocenters. The Balaban J connectivity index is 2.19. The Labute approximate surface area is 159 Å². The maximum atomic E-state index is 14.0. The van der Waals surface area contributed by atoms with Crippen molar-refractivity contribution in [3.05, 3.63) is 68.9 Å². The van der Waals surface area contributed by atoms with E-state index >= 15 is 0 Å². The molecule has 0 saturated heterocycles. The molecule has 0 fully saturated rings. The molecule has 0 aliphatic carbocycles. The van der Waals surface area contributed by atoms with Crippen molar-refractivity contribution in [3.63, 3.8) is 0 Å². The van der Waals surface area contributed by atoms with Crippen LogP contribution in [0.5, 0.6) is 0 Å². The zero-order valence-corrected chi connectivity index (χ0v) is 16.2. The first-order valence-electron chi connectivity index (χ1n) is 7.85. The molecule has 26 heavy (non-hydrogen) atoms. The Hall–Kier alpha value is -2.52. The number of Topliss-reactive ketones (excluding diaryl/α,β-unsaturated/α-hetero) is 1. The van der Waals surface area contributed by atoms with Gasteiger partial charge in [0, 0.05) is 10.9 Å². The topological polar surface area (TPSA) is 67.2 Å². The molecule has 0 heterocycles. The van der Waals surface area contributed by atoms with Crippen LogP contribution >= 0.6 is 15.9 Å². The van der Waals surface area contributed by atoms with Crippen molar-refractivity contribution in [2.45, 2.75) is 32.8 Å². The number of carbonyl (C=O) groups excluding carboxylic acids is 2. The number of nitriles is 1. The van der Waals surface area contributed by atoms with Crippen molar-refractivity contribution in [3.8, 4) is 6.07 Å². The summed E-state index contributed by atoms with van der Waals surface area (Å²) in [5.41, 5.74) is 0.443. The molecular weight excluding hydrogens is 401 g/mol. The van der Waals surface area contributed by atoms with Crippen LogP contribution in [0.1, 0.15) is 52.6 Å². The quantitative estimate of drug-likeness (QED) is 0.527. The molecule has 6 heteroatoms. The number of rotatable bonds is 4. The molecule has 0 bridgehead atoms. The third-order valence-corrected chi connectivity index (χ3v) is 4.18. The van der Waals surface area contributed by atoms with E-state index in [1.54, 1.807) is 39.0 Å². The van der Waals surface area contributed by atoms with Crippen molar-refractivity contribution >= 4 is 27.7 Å². The molecule has 0 atom stereocenters. The van der Waals surface area contributed by atoms with Gasteiger partial charge in [-0.25, -0.2) is 9.18 Å². The van der Waals surface area contributed by atoms with Crippen molar-refractivity contribution < 1.29 is 18.7 Å². The first kappa shape index (κ1) is 19.8. The number of esters is 1. The zero-order chi connectivity index (χ0) is 19.5. The van der Waals surface area contributed by atoms with E-state index in [2.05, 4.69) is 15.9 Å². The Morgan fingerprint density at radius 3 is 2.42 bits per heavy atom. The van der Waals surface area contributed by atoms with Gasteiger partial charge in [-0.15, -0.1) is 0 Å². The van der Waals surface area contributed by atoms with Gasteiger partial charge in [-0.05, 0) is 56.7 Å². The highest BCUT2D eigenvalue weighted by Gasteiger charge is 2.19. The van der Waals surface area contributed by atoms with Gasteiger partial charge in [0.15, 0.2) is 5.78 Å². The highest BCUT2D eigenvalue weighted by molar-refractivity contribution is 9.10. The summed E-state index contributed by atoms with van der Waals surface area (Å²) in [7, 11) is 0. The number of ether oxygens (including phenoxy) is 1. The molecule has 0 aliphatic rings. The van der Waals surface area contributed by atoms with E-state index in [0.717, 1.165) is 6.07 Å². The van der Waals surface area contributed by atoms with Crippen LogP contribution in [0.2, 0.25) is 0 Å². The van der Waals surface area contributed by atoms with Crippen LogP contribution in [0, 0.1) is 17.1 Å². The van der Waals surface area contributed by atoms with E-state index in [-0.39, 0.29) is 17.5 Å². The summed E-state index contributed by atoms with van der Waals surface area (Å²) in [4.78, 5) is 24.4. The van der Waals surface area contributed by atoms with Crippen LogP contribution in [-0.2, 0) is 11.2 Å². The minimum atomic E-state index is -0.726. The van der Waals surface area contributed by atoms with Gasteiger partial charge in [-0.1, -0.05) is 22.0 Å². The third kappa shape index (κ3) is 4.99. The number of hydrogen-bond acceptors (Lipinski definition) is 4. The van der Waals surface area contributed by atoms with Gasteiger partial charge in [0.2, 0.25) is 0 Å². The average molecular weight is 418 g/mol. The van der Waals surface area contributed by atoms with E-state index in [1.807, 2.05) is 6.07 Å². The lowest BCUT2D eigenvalue weighted by atomic mass is 10.0. The Bertz CT molecular complexity index is 910. The monoisotopic (exact) mass is 417 g/mol. The first-order chi connectivity index (χ1) is 12.1. The number of hydrogen-bond donors (Lipinski definition) is 0. The molecule has 0 saturated carbocycles. The molecule has 2 aromatic carbocycles.